The first-order valence-corrected chi connectivity index (χ1v) is 9.12. The van der Waals surface area contributed by atoms with E-state index < -0.39 is 10.0 Å². The van der Waals surface area contributed by atoms with Gasteiger partial charge in [-0.15, -0.1) is 12.4 Å². The van der Waals surface area contributed by atoms with Crippen molar-refractivity contribution in [1.82, 2.24) is 14.6 Å². The molecule has 0 radical (unpaired) electrons. The SMILES string of the molecule is Cl.O=S(=O)(c1ccc2c(c1)OCO2)N1CCNCC1c1cccnc1. The van der Waals surface area contributed by atoms with Gasteiger partial charge in [-0.1, -0.05) is 6.07 Å². The van der Waals surface area contributed by atoms with Gasteiger partial charge in [0.25, 0.3) is 0 Å². The van der Waals surface area contributed by atoms with Gasteiger partial charge >= 0.3 is 0 Å². The first-order valence-electron chi connectivity index (χ1n) is 7.68. The Morgan fingerprint density at radius 3 is 2.84 bits per heavy atom. The minimum Gasteiger partial charge on any atom is -0.454 e. The van der Waals surface area contributed by atoms with Crippen LogP contribution in [0, 0.1) is 0 Å². The number of fused-ring (bicyclic) bond motifs is 1. The zero-order valence-corrected chi connectivity index (χ0v) is 14.9. The normalized spacial score (nSPS) is 20.1. The molecule has 7 nitrogen and oxygen atoms in total. The lowest BCUT2D eigenvalue weighted by molar-refractivity contribution is 0.174. The van der Waals surface area contributed by atoms with Crippen molar-refractivity contribution in [2.75, 3.05) is 26.4 Å². The molecule has 1 fully saturated rings. The number of halogens is 1. The standard InChI is InChI=1S/C16H17N3O4S.ClH/c20-24(21,13-3-4-15-16(8-13)23-11-22-15)19-7-6-18-10-14(19)12-2-1-5-17-9-12;/h1-5,8-9,14,18H,6-7,10-11H2;1H. The third kappa shape index (κ3) is 3.30. The molecule has 1 aromatic carbocycles. The fraction of sp³-hybridized carbons (Fsp3) is 0.312. The highest BCUT2D eigenvalue weighted by molar-refractivity contribution is 7.89. The van der Waals surface area contributed by atoms with Crippen LogP contribution in [0.25, 0.3) is 0 Å². The largest absolute Gasteiger partial charge is 0.454 e. The average molecular weight is 384 g/mol. The Morgan fingerprint density at radius 1 is 1.20 bits per heavy atom. The Hall–Kier alpha value is -1.87. The summed E-state index contributed by atoms with van der Waals surface area (Å²) in [6, 6.07) is 8.15. The lowest BCUT2D eigenvalue weighted by Crippen LogP contribution is -2.48. The van der Waals surface area contributed by atoms with Gasteiger partial charge < -0.3 is 14.8 Å². The third-order valence-corrected chi connectivity index (χ3v) is 6.12. The molecule has 25 heavy (non-hydrogen) atoms. The number of hydrogen-bond donors (Lipinski definition) is 1. The van der Waals surface area contributed by atoms with E-state index in [-0.39, 0.29) is 30.1 Å². The van der Waals surface area contributed by atoms with E-state index in [1.807, 2.05) is 12.1 Å². The second-order valence-electron chi connectivity index (χ2n) is 5.64. The van der Waals surface area contributed by atoms with Gasteiger partial charge in [0.1, 0.15) is 0 Å². The molecule has 1 atom stereocenters. The predicted molar refractivity (Wildman–Crippen MR) is 93.6 cm³/mol. The predicted octanol–water partition coefficient (Wildman–Crippen LogP) is 1.57. The molecule has 134 valence electrons. The number of nitrogens with zero attached hydrogens (tertiary/aromatic N) is 2. The molecule has 0 saturated carbocycles. The van der Waals surface area contributed by atoms with Crippen LogP contribution in [-0.4, -0.2) is 44.1 Å². The summed E-state index contributed by atoms with van der Waals surface area (Å²) in [6.45, 7) is 1.68. The Kier molecular flexibility index (Phi) is 5.14. The molecule has 1 unspecified atom stereocenters. The minimum atomic E-state index is -3.65. The van der Waals surface area contributed by atoms with Crippen molar-refractivity contribution in [1.29, 1.82) is 0 Å². The Morgan fingerprint density at radius 2 is 2.04 bits per heavy atom. The topological polar surface area (TPSA) is 80.8 Å². The quantitative estimate of drug-likeness (QED) is 0.866. The summed E-state index contributed by atoms with van der Waals surface area (Å²) in [4.78, 5) is 4.32. The van der Waals surface area contributed by atoms with Gasteiger partial charge in [-0.3, -0.25) is 4.98 Å². The van der Waals surface area contributed by atoms with Crippen molar-refractivity contribution in [3.8, 4) is 11.5 Å². The van der Waals surface area contributed by atoms with Crippen LogP contribution in [0.5, 0.6) is 11.5 Å². The Labute approximate surface area is 152 Å². The molecule has 0 aliphatic carbocycles. The number of hydrogen-bond acceptors (Lipinski definition) is 6. The van der Waals surface area contributed by atoms with Gasteiger partial charge in [-0.25, -0.2) is 8.42 Å². The van der Waals surface area contributed by atoms with Crippen molar-refractivity contribution in [2.24, 2.45) is 0 Å². The second-order valence-corrected chi connectivity index (χ2v) is 7.53. The summed E-state index contributed by atoms with van der Waals surface area (Å²) >= 11 is 0. The number of ether oxygens (including phenoxy) is 2. The van der Waals surface area contributed by atoms with E-state index in [1.54, 1.807) is 24.5 Å². The number of benzene rings is 1. The maximum atomic E-state index is 13.2. The van der Waals surface area contributed by atoms with E-state index in [2.05, 4.69) is 10.3 Å². The van der Waals surface area contributed by atoms with Crippen molar-refractivity contribution >= 4 is 22.4 Å². The van der Waals surface area contributed by atoms with E-state index in [1.165, 1.54) is 10.4 Å². The molecule has 1 saturated heterocycles. The monoisotopic (exact) mass is 383 g/mol. The first-order chi connectivity index (χ1) is 11.7. The summed E-state index contributed by atoms with van der Waals surface area (Å²) in [5.41, 5.74) is 0.869. The average Bonchev–Trinajstić information content (AvgIpc) is 3.10. The zero-order valence-electron chi connectivity index (χ0n) is 13.3. The van der Waals surface area contributed by atoms with Crippen LogP contribution in [0.1, 0.15) is 11.6 Å². The highest BCUT2D eigenvalue weighted by Crippen LogP contribution is 2.36. The fourth-order valence-corrected chi connectivity index (χ4v) is 4.63. The van der Waals surface area contributed by atoms with E-state index in [0.717, 1.165) is 5.56 Å². The van der Waals surface area contributed by atoms with Crippen molar-refractivity contribution in [3.05, 3.63) is 48.3 Å². The van der Waals surface area contributed by atoms with Crippen LogP contribution < -0.4 is 14.8 Å². The van der Waals surface area contributed by atoms with Crippen LogP contribution in [0.15, 0.2) is 47.6 Å². The molecular formula is C16H18ClN3O4S. The molecule has 0 amide bonds. The lowest BCUT2D eigenvalue weighted by Gasteiger charge is -2.35. The van der Waals surface area contributed by atoms with Crippen LogP contribution >= 0.6 is 12.4 Å². The number of aromatic nitrogens is 1. The van der Waals surface area contributed by atoms with Crippen LogP contribution in [-0.2, 0) is 10.0 Å². The summed E-state index contributed by atoms with van der Waals surface area (Å²) in [5, 5.41) is 3.25. The van der Waals surface area contributed by atoms with Crippen molar-refractivity contribution in [2.45, 2.75) is 10.9 Å². The number of rotatable bonds is 3. The highest BCUT2D eigenvalue weighted by Gasteiger charge is 2.35. The van der Waals surface area contributed by atoms with Gasteiger partial charge in [-0.05, 0) is 23.8 Å². The molecule has 1 aromatic heterocycles. The molecular weight excluding hydrogens is 366 g/mol. The molecule has 0 bridgehead atoms. The summed E-state index contributed by atoms with van der Waals surface area (Å²) < 4.78 is 38.4. The number of nitrogens with one attached hydrogen (secondary N) is 1. The molecule has 2 aliphatic heterocycles. The van der Waals surface area contributed by atoms with Gasteiger partial charge in [0, 0.05) is 38.1 Å². The third-order valence-electron chi connectivity index (χ3n) is 4.21. The van der Waals surface area contributed by atoms with Gasteiger partial charge in [-0.2, -0.15) is 4.31 Å². The molecule has 4 rings (SSSR count). The number of pyridine rings is 1. The molecule has 9 heteroatoms. The van der Waals surface area contributed by atoms with Gasteiger partial charge in [0.15, 0.2) is 11.5 Å². The first kappa shape index (κ1) is 17.9. The summed E-state index contributed by atoms with van der Waals surface area (Å²) in [6.07, 6.45) is 3.39. The Bertz CT molecular complexity index is 848. The lowest BCUT2D eigenvalue weighted by atomic mass is 10.1. The fourth-order valence-electron chi connectivity index (χ4n) is 3.00. The smallest absolute Gasteiger partial charge is 0.243 e. The zero-order chi connectivity index (χ0) is 16.6. The molecule has 1 N–H and O–H groups in total. The molecule has 3 heterocycles. The van der Waals surface area contributed by atoms with Gasteiger partial charge in [0.2, 0.25) is 16.8 Å². The number of piperazine rings is 1. The van der Waals surface area contributed by atoms with Crippen LogP contribution in [0.2, 0.25) is 0 Å². The molecule has 2 aromatic rings. The van der Waals surface area contributed by atoms with Crippen molar-refractivity contribution in [3.63, 3.8) is 0 Å². The van der Waals surface area contributed by atoms with E-state index in [4.69, 9.17) is 9.47 Å². The summed E-state index contributed by atoms with van der Waals surface area (Å²) in [5.74, 6) is 1.03. The molecule has 0 spiro atoms. The van der Waals surface area contributed by atoms with E-state index >= 15 is 0 Å². The Balaban J connectivity index is 0.00000182. The minimum absolute atomic E-state index is 0. The van der Waals surface area contributed by atoms with E-state index in [0.29, 0.717) is 31.1 Å². The van der Waals surface area contributed by atoms with Gasteiger partial charge in [0.05, 0.1) is 10.9 Å². The molecule has 2 aliphatic rings. The van der Waals surface area contributed by atoms with Crippen LogP contribution in [0.3, 0.4) is 0 Å². The van der Waals surface area contributed by atoms with E-state index in [9.17, 15) is 8.42 Å². The van der Waals surface area contributed by atoms with Crippen LogP contribution in [0.4, 0.5) is 0 Å². The maximum absolute atomic E-state index is 13.2. The maximum Gasteiger partial charge on any atom is 0.243 e. The highest BCUT2D eigenvalue weighted by atomic mass is 35.5. The second kappa shape index (κ2) is 7.17. The van der Waals surface area contributed by atoms with Crippen molar-refractivity contribution < 1.29 is 17.9 Å². The summed E-state index contributed by atoms with van der Waals surface area (Å²) in [7, 11) is -3.65. The number of sulfonamides is 1.